The lowest BCUT2D eigenvalue weighted by Crippen LogP contribution is -2.39. The van der Waals surface area contributed by atoms with Crippen molar-refractivity contribution in [3.05, 3.63) is 23.8 Å². The van der Waals surface area contributed by atoms with Gasteiger partial charge in [-0.15, -0.1) is 12.4 Å². The van der Waals surface area contributed by atoms with Gasteiger partial charge in [0.05, 0.1) is 0 Å². The van der Waals surface area contributed by atoms with Crippen LogP contribution in [0.4, 0.5) is 11.4 Å². The van der Waals surface area contributed by atoms with E-state index in [-0.39, 0.29) is 24.2 Å². The first kappa shape index (κ1) is 14.2. The number of anilines is 2. The van der Waals surface area contributed by atoms with Crippen molar-refractivity contribution in [2.24, 2.45) is 11.8 Å². The monoisotopic (exact) mass is 280 g/mol. The third-order valence-corrected chi connectivity index (χ3v) is 4.27. The second-order valence-corrected chi connectivity index (χ2v) is 5.56. The summed E-state index contributed by atoms with van der Waals surface area (Å²) in [6, 6.07) is 5.90. The van der Waals surface area contributed by atoms with Crippen molar-refractivity contribution in [3.63, 3.8) is 0 Å². The minimum absolute atomic E-state index is 0. The van der Waals surface area contributed by atoms with Crippen LogP contribution in [0.1, 0.15) is 31.7 Å². The van der Waals surface area contributed by atoms with Crippen molar-refractivity contribution >= 4 is 29.7 Å². The predicted molar refractivity (Wildman–Crippen MR) is 80.7 cm³/mol. The summed E-state index contributed by atoms with van der Waals surface area (Å²) in [4.78, 5) is 14.5. The number of nitrogens with two attached hydrogens (primary N) is 1. The number of fused-ring (bicyclic) bond motifs is 1. The van der Waals surface area contributed by atoms with Crippen LogP contribution in [0.15, 0.2) is 18.2 Å². The van der Waals surface area contributed by atoms with Gasteiger partial charge in [-0.3, -0.25) is 4.79 Å². The second kappa shape index (κ2) is 5.41. The van der Waals surface area contributed by atoms with Gasteiger partial charge in [-0.1, -0.05) is 13.0 Å². The number of nitrogen functional groups attached to an aromatic ring is 1. The van der Waals surface area contributed by atoms with Crippen LogP contribution >= 0.6 is 12.4 Å². The minimum Gasteiger partial charge on any atom is -0.398 e. The zero-order valence-corrected chi connectivity index (χ0v) is 12.1. The van der Waals surface area contributed by atoms with E-state index in [0.29, 0.717) is 5.92 Å². The van der Waals surface area contributed by atoms with Crippen molar-refractivity contribution in [2.75, 3.05) is 17.2 Å². The second-order valence-electron chi connectivity index (χ2n) is 5.56. The number of hydrogen-bond acceptors (Lipinski definition) is 2. The molecule has 2 N–H and O–H groups in total. The van der Waals surface area contributed by atoms with Crippen molar-refractivity contribution in [3.8, 4) is 0 Å². The Balaban J connectivity index is 0.00000133. The van der Waals surface area contributed by atoms with Crippen molar-refractivity contribution in [2.45, 2.75) is 32.6 Å². The van der Waals surface area contributed by atoms with Crippen LogP contribution in [-0.2, 0) is 11.2 Å². The molecule has 3 nitrogen and oxygen atoms in total. The Labute approximate surface area is 120 Å². The molecule has 4 heteroatoms. The zero-order valence-electron chi connectivity index (χ0n) is 11.3. The van der Waals surface area contributed by atoms with Crippen molar-refractivity contribution in [1.29, 1.82) is 0 Å². The van der Waals surface area contributed by atoms with Crippen LogP contribution in [0.5, 0.6) is 0 Å². The fourth-order valence-electron chi connectivity index (χ4n) is 2.92. The predicted octanol–water partition coefficient (Wildman–Crippen LogP) is 3.02. The fraction of sp³-hybridized carbons (Fsp3) is 0.533. The molecule has 2 aliphatic rings. The normalized spacial score (nSPS) is 19.3. The molecule has 1 aromatic rings. The summed E-state index contributed by atoms with van der Waals surface area (Å²) in [5.41, 5.74) is 9.03. The average Bonchev–Trinajstić information content (AvgIpc) is 3.21. The standard InChI is InChI=1S/C15H20N2O.ClH/c1-10(11-7-8-11)15(18)17-9-3-4-12-13(16)5-2-6-14(12)17;/h2,5-6,10-11H,3-4,7-9,16H2,1H3;1H. The molecule has 0 bridgehead atoms. The maximum atomic E-state index is 12.5. The van der Waals surface area contributed by atoms with E-state index in [1.54, 1.807) is 0 Å². The Bertz CT molecular complexity index is 485. The van der Waals surface area contributed by atoms with E-state index in [0.717, 1.165) is 36.3 Å². The lowest BCUT2D eigenvalue weighted by Gasteiger charge is -2.32. The van der Waals surface area contributed by atoms with Gasteiger partial charge >= 0.3 is 0 Å². The first-order valence-corrected chi connectivity index (χ1v) is 6.87. The fourth-order valence-corrected chi connectivity index (χ4v) is 2.92. The molecular formula is C15H21ClN2O. The summed E-state index contributed by atoms with van der Waals surface area (Å²) >= 11 is 0. The van der Waals surface area contributed by atoms with Crippen LogP contribution in [0.3, 0.4) is 0 Å². The van der Waals surface area contributed by atoms with Gasteiger partial charge in [-0.05, 0) is 49.3 Å². The molecule has 0 saturated heterocycles. The molecule has 3 rings (SSSR count). The Morgan fingerprint density at radius 2 is 2.16 bits per heavy atom. The highest BCUT2D eigenvalue weighted by atomic mass is 35.5. The van der Waals surface area contributed by atoms with E-state index in [1.807, 2.05) is 23.1 Å². The topological polar surface area (TPSA) is 46.3 Å². The SMILES string of the molecule is CC(C(=O)N1CCCc2c(N)cccc21)C1CC1.Cl. The van der Waals surface area contributed by atoms with Gasteiger partial charge in [-0.25, -0.2) is 0 Å². The van der Waals surface area contributed by atoms with Gasteiger partial charge in [0.15, 0.2) is 0 Å². The van der Waals surface area contributed by atoms with Gasteiger partial charge in [0.2, 0.25) is 5.91 Å². The molecule has 19 heavy (non-hydrogen) atoms. The van der Waals surface area contributed by atoms with Crippen molar-refractivity contribution < 1.29 is 4.79 Å². The largest absolute Gasteiger partial charge is 0.398 e. The first-order valence-electron chi connectivity index (χ1n) is 6.87. The van der Waals surface area contributed by atoms with Gasteiger partial charge in [0.1, 0.15) is 0 Å². The number of nitrogens with zero attached hydrogens (tertiary/aromatic N) is 1. The van der Waals surface area contributed by atoms with Gasteiger partial charge in [-0.2, -0.15) is 0 Å². The lowest BCUT2D eigenvalue weighted by atomic mass is 9.97. The van der Waals surface area contributed by atoms with Crippen LogP contribution in [0.25, 0.3) is 0 Å². The molecule has 1 aliphatic heterocycles. The Morgan fingerprint density at radius 3 is 2.84 bits per heavy atom. The number of halogens is 1. The van der Waals surface area contributed by atoms with E-state index in [9.17, 15) is 4.79 Å². The maximum Gasteiger partial charge on any atom is 0.230 e. The van der Waals surface area contributed by atoms with Gasteiger partial charge in [0, 0.05) is 23.8 Å². The average molecular weight is 281 g/mol. The van der Waals surface area contributed by atoms with E-state index >= 15 is 0 Å². The maximum absolute atomic E-state index is 12.5. The first-order chi connectivity index (χ1) is 8.68. The molecular weight excluding hydrogens is 260 g/mol. The number of carbonyl (C=O) groups is 1. The molecule has 1 saturated carbocycles. The molecule has 0 spiro atoms. The molecule has 1 fully saturated rings. The van der Waals surface area contributed by atoms with Gasteiger partial charge in [0.25, 0.3) is 0 Å². The van der Waals surface area contributed by atoms with Gasteiger partial charge < -0.3 is 10.6 Å². The Morgan fingerprint density at radius 1 is 1.42 bits per heavy atom. The van der Waals surface area contributed by atoms with E-state index in [2.05, 4.69) is 6.92 Å². The van der Waals surface area contributed by atoms with Crippen LogP contribution in [-0.4, -0.2) is 12.5 Å². The highest BCUT2D eigenvalue weighted by Crippen LogP contribution is 2.39. The third-order valence-electron chi connectivity index (χ3n) is 4.27. The summed E-state index contributed by atoms with van der Waals surface area (Å²) in [6.07, 6.45) is 4.43. The molecule has 1 heterocycles. The number of benzene rings is 1. The van der Waals surface area contributed by atoms with Crippen LogP contribution < -0.4 is 10.6 Å². The number of hydrogen-bond donors (Lipinski definition) is 1. The highest BCUT2D eigenvalue weighted by Gasteiger charge is 2.36. The van der Waals surface area contributed by atoms with E-state index < -0.39 is 0 Å². The molecule has 1 aliphatic carbocycles. The number of rotatable bonds is 2. The van der Waals surface area contributed by atoms with Crippen molar-refractivity contribution in [1.82, 2.24) is 0 Å². The van der Waals surface area contributed by atoms with Crippen LogP contribution in [0.2, 0.25) is 0 Å². The van der Waals surface area contributed by atoms with E-state index in [1.165, 1.54) is 12.8 Å². The summed E-state index contributed by atoms with van der Waals surface area (Å²) in [6.45, 7) is 2.91. The lowest BCUT2D eigenvalue weighted by molar-refractivity contribution is -0.122. The molecule has 1 aromatic carbocycles. The molecule has 1 atom stereocenters. The summed E-state index contributed by atoms with van der Waals surface area (Å²) in [5, 5.41) is 0. The Hall–Kier alpha value is -1.22. The number of amides is 1. The quantitative estimate of drug-likeness (QED) is 0.847. The molecule has 1 amide bonds. The Kier molecular flexibility index (Phi) is 4.04. The highest BCUT2D eigenvalue weighted by molar-refractivity contribution is 5.97. The summed E-state index contributed by atoms with van der Waals surface area (Å²) in [7, 11) is 0. The molecule has 0 aromatic heterocycles. The summed E-state index contributed by atoms with van der Waals surface area (Å²) in [5.74, 6) is 1.06. The molecule has 104 valence electrons. The van der Waals surface area contributed by atoms with E-state index in [4.69, 9.17) is 5.73 Å². The smallest absolute Gasteiger partial charge is 0.230 e. The zero-order chi connectivity index (χ0) is 12.7. The summed E-state index contributed by atoms with van der Waals surface area (Å²) < 4.78 is 0. The molecule has 1 unspecified atom stereocenters. The third kappa shape index (κ3) is 2.57. The molecule has 0 radical (unpaired) electrons. The van der Waals surface area contributed by atoms with Crippen LogP contribution in [0, 0.1) is 11.8 Å². The number of carbonyl (C=O) groups excluding carboxylic acids is 1. The minimum atomic E-state index is 0.